The van der Waals surface area contributed by atoms with Crippen molar-refractivity contribution in [3.63, 3.8) is 0 Å². The first kappa shape index (κ1) is 12.1. The van der Waals surface area contributed by atoms with Gasteiger partial charge in [-0.1, -0.05) is 6.42 Å². The molecule has 0 saturated carbocycles. The molecule has 0 spiro atoms. The maximum absolute atomic E-state index is 13.9. The quantitative estimate of drug-likeness (QED) is 0.801. The lowest BCUT2D eigenvalue weighted by Gasteiger charge is -2.45. The van der Waals surface area contributed by atoms with Crippen LogP contribution in [0.5, 0.6) is 0 Å². The number of piperidine rings is 2. The van der Waals surface area contributed by atoms with E-state index in [1.165, 1.54) is 12.5 Å². The molecule has 0 aliphatic carbocycles. The monoisotopic (exact) mass is 250 g/mol. The van der Waals surface area contributed by atoms with E-state index in [0.29, 0.717) is 24.9 Å². The molecule has 3 rings (SSSR count). The van der Waals surface area contributed by atoms with Gasteiger partial charge in [0.2, 0.25) is 0 Å². The van der Waals surface area contributed by atoms with Gasteiger partial charge in [0, 0.05) is 17.8 Å². The van der Waals surface area contributed by atoms with Crippen LogP contribution < -0.4 is 5.32 Å². The van der Waals surface area contributed by atoms with E-state index in [1.807, 2.05) is 6.92 Å². The maximum Gasteiger partial charge on any atom is 0.147 e. The summed E-state index contributed by atoms with van der Waals surface area (Å²) in [6.45, 7) is 1.83. The van der Waals surface area contributed by atoms with E-state index in [9.17, 15) is 9.50 Å². The second-order valence-corrected chi connectivity index (χ2v) is 5.71. The normalized spacial score (nSPS) is 35.5. The van der Waals surface area contributed by atoms with Crippen molar-refractivity contribution in [1.29, 1.82) is 0 Å². The molecule has 3 nitrogen and oxygen atoms in total. The van der Waals surface area contributed by atoms with Crippen molar-refractivity contribution in [3.05, 3.63) is 29.3 Å². The fourth-order valence-corrected chi connectivity index (χ4v) is 3.39. The van der Waals surface area contributed by atoms with E-state index in [0.717, 1.165) is 18.5 Å². The van der Waals surface area contributed by atoms with Crippen LogP contribution in [0.3, 0.4) is 0 Å². The van der Waals surface area contributed by atoms with E-state index < -0.39 is 5.60 Å². The van der Waals surface area contributed by atoms with Gasteiger partial charge in [-0.3, -0.25) is 4.98 Å². The number of halogens is 1. The molecule has 2 aliphatic rings. The Morgan fingerprint density at radius 1 is 1.33 bits per heavy atom. The molecule has 3 heterocycles. The number of nitrogens with zero attached hydrogens (tertiary/aromatic N) is 1. The Morgan fingerprint density at radius 2 is 2.00 bits per heavy atom. The van der Waals surface area contributed by atoms with E-state index in [2.05, 4.69) is 10.3 Å². The van der Waals surface area contributed by atoms with Crippen molar-refractivity contribution in [2.75, 3.05) is 0 Å². The predicted octanol–water partition coefficient (Wildman–Crippen LogP) is 2.02. The van der Waals surface area contributed by atoms with Crippen molar-refractivity contribution >= 4 is 0 Å². The molecule has 2 atom stereocenters. The second kappa shape index (κ2) is 4.28. The summed E-state index contributed by atoms with van der Waals surface area (Å²) < 4.78 is 13.9. The van der Waals surface area contributed by atoms with Crippen LogP contribution in [-0.4, -0.2) is 22.2 Å². The van der Waals surface area contributed by atoms with E-state index >= 15 is 0 Å². The number of aryl methyl sites for hydroxylation is 1. The topological polar surface area (TPSA) is 45.1 Å². The highest BCUT2D eigenvalue weighted by Gasteiger charge is 2.44. The fourth-order valence-electron chi connectivity index (χ4n) is 3.39. The maximum atomic E-state index is 13.9. The summed E-state index contributed by atoms with van der Waals surface area (Å²) in [5.74, 6) is -0.386. The average molecular weight is 250 g/mol. The molecule has 2 saturated heterocycles. The number of nitrogens with one attached hydrogen (secondary N) is 1. The first-order chi connectivity index (χ1) is 8.57. The minimum atomic E-state index is -1.10. The van der Waals surface area contributed by atoms with Crippen LogP contribution >= 0.6 is 0 Å². The number of aliphatic hydroxyl groups is 1. The Labute approximate surface area is 106 Å². The SMILES string of the molecule is Cc1ccc(F)c(C2(O)CC3CCCC(C2)N3)n1. The molecule has 1 aromatic heterocycles. The third kappa shape index (κ3) is 2.04. The number of rotatable bonds is 1. The third-order valence-electron chi connectivity index (χ3n) is 4.17. The highest BCUT2D eigenvalue weighted by Crippen LogP contribution is 2.39. The Morgan fingerprint density at radius 3 is 2.67 bits per heavy atom. The molecule has 2 N–H and O–H groups in total. The summed E-state index contributed by atoms with van der Waals surface area (Å²) in [5, 5.41) is 14.3. The van der Waals surface area contributed by atoms with Crippen molar-refractivity contribution in [1.82, 2.24) is 10.3 Å². The summed E-state index contributed by atoms with van der Waals surface area (Å²) >= 11 is 0. The largest absolute Gasteiger partial charge is 0.383 e. The molecule has 18 heavy (non-hydrogen) atoms. The minimum Gasteiger partial charge on any atom is -0.383 e. The molecular formula is C14H19FN2O. The summed E-state index contributed by atoms with van der Waals surface area (Å²) in [5.41, 5.74) is -0.110. The number of hydrogen-bond donors (Lipinski definition) is 2. The van der Waals surface area contributed by atoms with Gasteiger partial charge in [-0.25, -0.2) is 4.39 Å². The van der Waals surface area contributed by atoms with Gasteiger partial charge in [0.05, 0.1) is 0 Å². The molecular weight excluding hydrogens is 231 g/mol. The van der Waals surface area contributed by atoms with Gasteiger partial charge in [0.25, 0.3) is 0 Å². The van der Waals surface area contributed by atoms with Crippen LogP contribution in [-0.2, 0) is 5.60 Å². The predicted molar refractivity (Wildman–Crippen MR) is 66.6 cm³/mol. The van der Waals surface area contributed by atoms with E-state index in [4.69, 9.17) is 0 Å². The molecule has 0 radical (unpaired) electrons. The van der Waals surface area contributed by atoms with Crippen molar-refractivity contribution in [3.8, 4) is 0 Å². The number of hydrogen-bond acceptors (Lipinski definition) is 3. The van der Waals surface area contributed by atoms with Crippen LogP contribution in [0, 0.1) is 12.7 Å². The molecule has 2 unspecified atom stereocenters. The zero-order valence-corrected chi connectivity index (χ0v) is 10.6. The molecule has 2 aliphatic heterocycles. The fraction of sp³-hybridized carbons (Fsp3) is 0.643. The lowest BCUT2D eigenvalue weighted by molar-refractivity contribution is -0.0420. The summed E-state index contributed by atoms with van der Waals surface area (Å²) in [6.07, 6.45) is 4.45. The summed E-state index contributed by atoms with van der Waals surface area (Å²) in [4.78, 5) is 4.24. The minimum absolute atomic E-state index is 0.237. The standard InChI is InChI=1S/C14H19FN2O/c1-9-5-6-12(15)13(16-9)14(18)7-10-3-2-4-11(8-14)17-10/h5-6,10-11,17-18H,2-4,7-8H2,1H3. The van der Waals surface area contributed by atoms with Crippen LogP contribution in [0.1, 0.15) is 43.5 Å². The summed E-state index contributed by atoms with van der Waals surface area (Å²) in [7, 11) is 0. The van der Waals surface area contributed by atoms with Crippen LogP contribution in [0.4, 0.5) is 4.39 Å². The first-order valence-corrected chi connectivity index (χ1v) is 6.69. The number of fused-ring (bicyclic) bond motifs is 2. The summed E-state index contributed by atoms with van der Waals surface area (Å²) in [6, 6.07) is 3.64. The van der Waals surface area contributed by atoms with Crippen molar-refractivity contribution in [2.24, 2.45) is 0 Å². The highest BCUT2D eigenvalue weighted by molar-refractivity contribution is 5.21. The highest BCUT2D eigenvalue weighted by atomic mass is 19.1. The van der Waals surface area contributed by atoms with Gasteiger partial charge in [-0.15, -0.1) is 0 Å². The molecule has 2 fully saturated rings. The van der Waals surface area contributed by atoms with Crippen LogP contribution in [0.25, 0.3) is 0 Å². The average Bonchev–Trinajstić information content (AvgIpc) is 2.31. The lowest BCUT2D eigenvalue weighted by atomic mass is 9.75. The van der Waals surface area contributed by atoms with Gasteiger partial charge in [-0.2, -0.15) is 0 Å². The van der Waals surface area contributed by atoms with E-state index in [-0.39, 0.29) is 11.5 Å². The molecule has 0 aromatic carbocycles. The van der Waals surface area contributed by atoms with Crippen molar-refractivity contribution in [2.45, 2.75) is 56.7 Å². The van der Waals surface area contributed by atoms with Gasteiger partial charge in [-0.05, 0) is 44.7 Å². The van der Waals surface area contributed by atoms with Gasteiger partial charge < -0.3 is 10.4 Å². The van der Waals surface area contributed by atoms with Crippen molar-refractivity contribution < 1.29 is 9.50 Å². The smallest absolute Gasteiger partial charge is 0.147 e. The zero-order valence-electron chi connectivity index (χ0n) is 10.6. The Balaban J connectivity index is 1.96. The Hall–Kier alpha value is -1.00. The van der Waals surface area contributed by atoms with Crippen LogP contribution in [0.15, 0.2) is 12.1 Å². The molecule has 2 bridgehead atoms. The number of pyridine rings is 1. The van der Waals surface area contributed by atoms with Gasteiger partial charge >= 0.3 is 0 Å². The van der Waals surface area contributed by atoms with Gasteiger partial charge in [0.1, 0.15) is 17.1 Å². The molecule has 4 heteroatoms. The third-order valence-corrected chi connectivity index (χ3v) is 4.17. The molecule has 0 amide bonds. The number of aromatic nitrogens is 1. The van der Waals surface area contributed by atoms with E-state index in [1.54, 1.807) is 6.07 Å². The van der Waals surface area contributed by atoms with Gasteiger partial charge in [0.15, 0.2) is 0 Å². The second-order valence-electron chi connectivity index (χ2n) is 5.71. The lowest BCUT2D eigenvalue weighted by Crippen LogP contribution is -2.54. The molecule has 1 aromatic rings. The Kier molecular flexibility index (Phi) is 2.87. The molecule has 98 valence electrons. The first-order valence-electron chi connectivity index (χ1n) is 6.69. The Bertz CT molecular complexity index is 451. The zero-order chi connectivity index (χ0) is 12.8. The van der Waals surface area contributed by atoms with Crippen LogP contribution in [0.2, 0.25) is 0 Å².